The van der Waals surface area contributed by atoms with Gasteiger partial charge in [-0.25, -0.2) is 0 Å². The van der Waals surface area contributed by atoms with E-state index in [0.717, 1.165) is 0 Å². The Hall–Kier alpha value is -1.58. The van der Waals surface area contributed by atoms with Crippen LogP contribution >= 0.6 is 0 Å². The molecule has 0 saturated carbocycles. The Kier molecular flexibility index (Phi) is 3.06. The summed E-state index contributed by atoms with van der Waals surface area (Å²) in [6, 6.07) is 3.19. The number of nitrogens with zero attached hydrogens (tertiary/aromatic N) is 1. The predicted octanol–water partition coefficient (Wildman–Crippen LogP) is 0.662. The summed E-state index contributed by atoms with van der Waals surface area (Å²) >= 11 is 0. The van der Waals surface area contributed by atoms with E-state index in [-0.39, 0.29) is 11.5 Å². The van der Waals surface area contributed by atoms with Crippen molar-refractivity contribution >= 4 is 5.97 Å². The van der Waals surface area contributed by atoms with Crippen LogP contribution in [-0.4, -0.2) is 17.6 Å². The molecule has 1 unspecified atom stereocenters. The molecule has 0 aromatic carbocycles. The van der Waals surface area contributed by atoms with Crippen molar-refractivity contribution in [2.24, 2.45) is 7.05 Å². The molecule has 0 aliphatic rings. The van der Waals surface area contributed by atoms with Crippen LogP contribution in [0.2, 0.25) is 0 Å². The Bertz CT molecular complexity index is 395. The van der Waals surface area contributed by atoms with Crippen LogP contribution in [0.25, 0.3) is 0 Å². The van der Waals surface area contributed by atoms with Crippen molar-refractivity contribution < 1.29 is 9.53 Å². The minimum absolute atomic E-state index is 0.127. The molecule has 4 nitrogen and oxygen atoms in total. The number of aromatic nitrogens is 1. The Morgan fingerprint density at radius 2 is 2.21 bits per heavy atom. The van der Waals surface area contributed by atoms with Gasteiger partial charge in [0.1, 0.15) is 0 Å². The molecule has 0 aliphatic carbocycles. The van der Waals surface area contributed by atoms with Crippen LogP contribution in [0.3, 0.4) is 0 Å². The fourth-order valence-electron chi connectivity index (χ4n) is 1.15. The molecule has 0 bridgehead atoms. The van der Waals surface area contributed by atoms with Crippen molar-refractivity contribution in [3.05, 3.63) is 34.2 Å². The molecule has 0 radical (unpaired) electrons. The van der Waals surface area contributed by atoms with E-state index in [9.17, 15) is 9.59 Å². The Balaban J connectivity index is 3.03. The van der Waals surface area contributed by atoms with Gasteiger partial charge in [0.15, 0.2) is 0 Å². The summed E-state index contributed by atoms with van der Waals surface area (Å²) in [5.74, 6) is -0.729. The van der Waals surface area contributed by atoms with Gasteiger partial charge in [0.25, 0.3) is 5.56 Å². The first kappa shape index (κ1) is 10.5. The van der Waals surface area contributed by atoms with Crippen LogP contribution in [0.1, 0.15) is 18.4 Å². The fraction of sp³-hybridized carbons (Fsp3) is 0.400. The number of hydrogen-bond donors (Lipinski definition) is 0. The average molecular weight is 195 g/mol. The smallest absolute Gasteiger partial charge is 0.312 e. The van der Waals surface area contributed by atoms with Gasteiger partial charge in [0.2, 0.25) is 0 Å². The third-order valence-corrected chi connectivity index (χ3v) is 2.18. The van der Waals surface area contributed by atoms with Crippen LogP contribution in [0.4, 0.5) is 0 Å². The molecule has 0 spiro atoms. The molecule has 76 valence electrons. The molecular formula is C10H13NO3. The van der Waals surface area contributed by atoms with Gasteiger partial charge in [0, 0.05) is 19.3 Å². The van der Waals surface area contributed by atoms with E-state index in [1.54, 1.807) is 26.2 Å². The third-order valence-electron chi connectivity index (χ3n) is 2.18. The summed E-state index contributed by atoms with van der Waals surface area (Å²) in [5, 5.41) is 0. The van der Waals surface area contributed by atoms with E-state index < -0.39 is 5.92 Å². The van der Waals surface area contributed by atoms with E-state index in [0.29, 0.717) is 5.56 Å². The maximum atomic E-state index is 11.3. The maximum Gasteiger partial charge on any atom is 0.312 e. The van der Waals surface area contributed by atoms with Gasteiger partial charge in [-0.3, -0.25) is 9.59 Å². The van der Waals surface area contributed by atoms with Gasteiger partial charge in [-0.05, 0) is 18.6 Å². The Morgan fingerprint density at radius 1 is 1.57 bits per heavy atom. The molecule has 0 amide bonds. The van der Waals surface area contributed by atoms with Crippen molar-refractivity contribution in [3.8, 4) is 0 Å². The highest BCUT2D eigenvalue weighted by Crippen LogP contribution is 2.13. The van der Waals surface area contributed by atoms with Crippen LogP contribution in [0.15, 0.2) is 23.1 Å². The lowest BCUT2D eigenvalue weighted by molar-refractivity contribution is -0.141. The molecule has 1 aromatic heterocycles. The Labute approximate surface area is 82.1 Å². The van der Waals surface area contributed by atoms with Crippen LogP contribution in [0.5, 0.6) is 0 Å². The standard InChI is InChI=1S/C10H13NO3/c1-7(10(13)14-3)8-4-5-11(2)9(12)6-8/h4-7H,1-3H3. The molecule has 1 rings (SSSR count). The molecule has 14 heavy (non-hydrogen) atoms. The summed E-state index contributed by atoms with van der Waals surface area (Å²) in [5.41, 5.74) is 0.554. The molecule has 1 heterocycles. The summed E-state index contributed by atoms with van der Waals surface area (Å²) in [6.45, 7) is 1.71. The molecular weight excluding hydrogens is 182 g/mol. The Morgan fingerprint density at radius 3 is 2.71 bits per heavy atom. The number of hydrogen-bond acceptors (Lipinski definition) is 3. The second kappa shape index (κ2) is 4.09. The largest absolute Gasteiger partial charge is 0.469 e. The van der Waals surface area contributed by atoms with Gasteiger partial charge in [-0.1, -0.05) is 0 Å². The average Bonchev–Trinajstić information content (AvgIpc) is 2.20. The van der Waals surface area contributed by atoms with Crippen molar-refractivity contribution in [2.45, 2.75) is 12.8 Å². The van der Waals surface area contributed by atoms with Crippen molar-refractivity contribution in [2.75, 3.05) is 7.11 Å². The summed E-state index contributed by atoms with van der Waals surface area (Å²) < 4.78 is 6.04. The number of rotatable bonds is 2. The van der Waals surface area contributed by atoms with E-state index >= 15 is 0 Å². The third kappa shape index (κ3) is 2.02. The number of carbonyl (C=O) groups is 1. The highest BCUT2D eigenvalue weighted by Gasteiger charge is 2.15. The van der Waals surface area contributed by atoms with Gasteiger partial charge >= 0.3 is 5.97 Å². The number of pyridine rings is 1. The van der Waals surface area contributed by atoms with Crippen molar-refractivity contribution in [1.82, 2.24) is 4.57 Å². The van der Waals surface area contributed by atoms with E-state index in [1.165, 1.54) is 17.7 Å². The lowest BCUT2D eigenvalue weighted by Gasteiger charge is -2.09. The molecule has 0 fully saturated rings. The van der Waals surface area contributed by atoms with Crippen LogP contribution < -0.4 is 5.56 Å². The zero-order valence-corrected chi connectivity index (χ0v) is 8.48. The molecule has 1 atom stereocenters. The van der Waals surface area contributed by atoms with Gasteiger partial charge < -0.3 is 9.30 Å². The number of ether oxygens (including phenoxy) is 1. The molecule has 0 aliphatic heterocycles. The molecule has 4 heteroatoms. The first-order valence-electron chi connectivity index (χ1n) is 4.30. The topological polar surface area (TPSA) is 48.3 Å². The van der Waals surface area contributed by atoms with E-state index in [4.69, 9.17) is 0 Å². The van der Waals surface area contributed by atoms with Crippen molar-refractivity contribution in [3.63, 3.8) is 0 Å². The lowest BCUT2D eigenvalue weighted by atomic mass is 10.0. The summed E-state index contributed by atoms with van der Waals surface area (Å²) in [7, 11) is 2.99. The lowest BCUT2D eigenvalue weighted by Crippen LogP contribution is -2.18. The second-order valence-corrected chi connectivity index (χ2v) is 3.15. The molecule has 0 N–H and O–H groups in total. The van der Waals surface area contributed by atoms with Gasteiger partial charge in [0.05, 0.1) is 13.0 Å². The minimum Gasteiger partial charge on any atom is -0.469 e. The number of methoxy groups -OCH3 is 1. The second-order valence-electron chi connectivity index (χ2n) is 3.15. The quantitative estimate of drug-likeness (QED) is 0.651. The summed E-state index contributed by atoms with van der Waals surface area (Å²) in [4.78, 5) is 22.4. The van der Waals surface area contributed by atoms with Crippen molar-refractivity contribution in [1.29, 1.82) is 0 Å². The zero-order chi connectivity index (χ0) is 10.7. The van der Waals surface area contributed by atoms with Crippen LogP contribution in [-0.2, 0) is 16.6 Å². The maximum absolute atomic E-state index is 11.3. The monoisotopic (exact) mass is 195 g/mol. The number of esters is 1. The van der Waals surface area contributed by atoms with E-state index in [1.807, 2.05) is 0 Å². The highest BCUT2D eigenvalue weighted by molar-refractivity contribution is 5.77. The normalized spacial score (nSPS) is 12.2. The summed E-state index contributed by atoms with van der Waals surface area (Å²) in [6.07, 6.45) is 1.64. The highest BCUT2D eigenvalue weighted by atomic mass is 16.5. The SMILES string of the molecule is COC(=O)C(C)c1ccn(C)c(=O)c1. The van der Waals surface area contributed by atoms with Crippen LogP contribution in [0, 0.1) is 0 Å². The van der Waals surface area contributed by atoms with E-state index in [2.05, 4.69) is 4.74 Å². The first-order chi connectivity index (χ1) is 6.56. The number of carbonyl (C=O) groups excluding carboxylic acids is 1. The van der Waals surface area contributed by atoms with Gasteiger partial charge in [-0.2, -0.15) is 0 Å². The first-order valence-corrected chi connectivity index (χ1v) is 4.30. The number of aryl methyl sites for hydroxylation is 1. The fourth-order valence-corrected chi connectivity index (χ4v) is 1.15. The van der Waals surface area contributed by atoms with Gasteiger partial charge in [-0.15, -0.1) is 0 Å². The molecule has 1 aromatic rings. The predicted molar refractivity (Wildman–Crippen MR) is 52.1 cm³/mol. The minimum atomic E-state index is -0.395. The molecule has 0 saturated heterocycles. The zero-order valence-electron chi connectivity index (χ0n) is 8.48.